The number of ether oxygens (including phenoxy) is 2. The molecule has 1 fully saturated rings. The second kappa shape index (κ2) is 13.4. The molecule has 1 aliphatic heterocycles. The fourth-order valence-corrected chi connectivity index (χ4v) is 3.54. The molecule has 0 aromatic heterocycles. The highest BCUT2D eigenvalue weighted by atomic mass is 16.5. The van der Waals surface area contributed by atoms with Gasteiger partial charge in [-0.1, -0.05) is 39.0 Å². The van der Waals surface area contributed by atoms with Crippen LogP contribution in [0.1, 0.15) is 58.8 Å². The zero-order valence-corrected chi connectivity index (χ0v) is 17.8. The monoisotopic (exact) mass is 390 g/mol. The predicted molar refractivity (Wildman–Crippen MR) is 115 cm³/mol. The number of hydrogen-bond acceptors (Lipinski definition) is 5. The number of unbranched alkanes of at least 4 members (excludes halogenated alkanes) is 5. The third kappa shape index (κ3) is 8.51. The maximum Gasteiger partial charge on any atom is 0.307 e. The van der Waals surface area contributed by atoms with Gasteiger partial charge in [-0.25, -0.2) is 0 Å². The maximum absolute atomic E-state index is 11.5. The number of rotatable bonds is 13. The molecular formula is C23H38N2O3. The summed E-state index contributed by atoms with van der Waals surface area (Å²) >= 11 is 0. The molecular weight excluding hydrogens is 352 g/mol. The maximum atomic E-state index is 11.5. The van der Waals surface area contributed by atoms with Crippen molar-refractivity contribution >= 4 is 11.7 Å². The molecule has 0 aliphatic carbocycles. The first-order valence-corrected chi connectivity index (χ1v) is 11.1. The number of anilines is 1. The molecule has 0 saturated carbocycles. The van der Waals surface area contributed by atoms with E-state index >= 15 is 0 Å². The summed E-state index contributed by atoms with van der Waals surface area (Å²) in [4.78, 5) is 16.2. The molecule has 1 aromatic rings. The molecule has 0 radical (unpaired) electrons. The van der Waals surface area contributed by atoms with Gasteiger partial charge in [0.25, 0.3) is 0 Å². The van der Waals surface area contributed by atoms with Crippen molar-refractivity contribution in [1.29, 1.82) is 0 Å². The average molecular weight is 391 g/mol. The van der Waals surface area contributed by atoms with Crippen molar-refractivity contribution in [2.75, 3.05) is 50.8 Å². The Hall–Kier alpha value is -1.75. The lowest BCUT2D eigenvalue weighted by atomic mass is 10.1. The van der Waals surface area contributed by atoms with Crippen molar-refractivity contribution < 1.29 is 14.3 Å². The zero-order chi connectivity index (χ0) is 20.0. The molecule has 0 spiro atoms. The summed E-state index contributed by atoms with van der Waals surface area (Å²) < 4.78 is 10.9. The van der Waals surface area contributed by atoms with E-state index in [2.05, 4.69) is 41.0 Å². The lowest BCUT2D eigenvalue weighted by Crippen LogP contribution is -2.47. The van der Waals surface area contributed by atoms with Crippen LogP contribution in [0.15, 0.2) is 24.3 Å². The van der Waals surface area contributed by atoms with Crippen molar-refractivity contribution in [2.24, 2.45) is 0 Å². The molecule has 0 amide bonds. The lowest BCUT2D eigenvalue weighted by Gasteiger charge is -2.36. The highest BCUT2D eigenvalue weighted by Crippen LogP contribution is 2.21. The number of carbonyl (C=O) groups is 1. The molecule has 0 N–H and O–H groups in total. The van der Waals surface area contributed by atoms with E-state index in [0.29, 0.717) is 13.0 Å². The summed E-state index contributed by atoms with van der Waals surface area (Å²) in [5, 5.41) is 0. The second-order valence-electron chi connectivity index (χ2n) is 7.49. The van der Waals surface area contributed by atoms with E-state index < -0.39 is 0 Å². The van der Waals surface area contributed by atoms with E-state index in [4.69, 9.17) is 9.47 Å². The normalized spacial score (nSPS) is 14.9. The van der Waals surface area contributed by atoms with Crippen LogP contribution >= 0.6 is 0 Å². The van der Waals surface area contributed by atoms with Gasteiger partial charge < -0.3 is 14.4 Å². The molecule has 1 aliphatic rings. The Bertz CT molecular complexity index is 539. The third-order valence-electron chi connectivity index (χ3n) is 5.28. The van der Waals surface area contributed by atoms with Gasteiger partial charge in [0.15, 0.2) is 0 Å². The topological polar surface area (TPSA) is 42.0 Å². The minimum absolute atomic E-state index is 0.0959. The number of piperazine rings is 1. The Morgan fingerprint density at radius 2 is 1.61 bits per heavy atom. The van der Waals surface area contributed by atoms with E-state index in [1.807, 2.05) is 6.92 Å². The van der Waals surface area contributed by atoms with E-state index in [0.717, 1.165) is 51.5 Å². The summed E-state index contributed by atoms with van der Waals surface area (Å²) in [6.45, 7) is 10.1. The summed E-state index contributed by atoms with van der Waals surface area (Å²) in [7, 11) is 0. The molecule has 1 heterocycles. The van der Waals surface area contributed by atoms with Crippen molar-refractivity contribution in [2.45, 2.75) is 58.8 Å². The van der Waals surface area contributed by atoms with E-state index in [1.165, 1.54) is 37.8 Å². The number of carbonyl (C=O) groups excluding carboxylic acids is 1. The SMILES string of the molecule is CCCCCCCCOc1ccc(N2CCN(CCC(=O)OCC)CC2)cc1. The Balaban J connectivity index is 1.62. The fourth-order valence-electron chi connectivity index (χ4n) is 3.54. The van der Waals surface area contributed by atoms with Crippen LogP contribution in [-0.2, 0) is 9.53 Å². The van der Waals surface area contributed by atoms with Gasteiger partial charge in [0.2, 0.25) is 0 Å². The van der Waals surface area contributed by atoms with Crippen LogP contribution in [0.5, 0.6) is 5.75 Å². The summed E-state index contributed by atoms with van der Waals surface area (Å²) in [6, 6.07) is 8.48. The van der Waals surface area contributed by atoms with Gasteiger partial charge >= 0.3 is 5.97 Å². The van der Waals surface area contributed by atoms with E-state index in [-0.39, 0.29) is 5.97 Å². The molecule has 5 nitrogen and oxygen atoms in total. The van der Waals surface area contributed by atoms with Gasteiger partial charge in [-0.2, -0.15) is 0 Å². The minimum atomic E-state index is -0.0959. The number of benzene rings is 1. The van der Waals surface area contributed by atoms with Crippen molar-refractivity contribution in [3.63, 3.8) is 0 Å². The second-order valence-corrected chi connectivity index (χ2v) is 7.49. The van der Waals surface area contributed by atoms with Crippen LogP contribution in [0.2, 0.25) is 0 Å². The Labute approximate surface area is 171 Å². The highest BCUT2D eigenvalue weighted by molar-refractivity contribution is 5.69. The van der Waals surface area contributed by atoms with Crippen LogP contribution < -0.4 is 9.64 Å². The molecule has 158 valence electrons. The fraction of sp³-hybridized carbons (Fsp3) is 0.696. The summed E-state index contributed by atoms with van der Waals surface area (Å²) in [5.41, 5.74) is 1.25. The van der Waals surface area contributed by atoms with Gasteiger partial charge in [0.05, 0.1) is 19.6 Å². The molecule has 0 bridgehead atoms. The first-order chi connectivity index (χ1) is 13.7. The van der Waals surface area contributed by atoms with Crippen LogP contribution in [0.25, 0.3) is 0 Å². The van der Waals surface area contributed by atoms with Crippen LogP contribution in [0.4, 0.5) is 5.69 Å². The molecule has 1 aromatic carbocycles. The van der Waals surface area contributed by atoms with Crippen LogP contribution in [0, 0.1) is 0 Å². The first kappa shape index (κ1) is 22.5. The van der Waals surface area contributed by atoms with Crippen LogP contribution in [-0.4, -0.2) is 56.8 Å². The van der Waals surface area contributed by atoms with E-state index in [9.17, 15) is 4.79 Å². The smallest absolute Gasteiger partial charge is 0.307 e. The Morgan fingerprint density at radius 3 is 2.29 bits per heavy atom. The molecule has 0 unspecified atom stereocenters. The number of esters is 1. The predicted octanol–water partition coefficient (Wildman–Crippen LogP) is 4.50. The Morgan fingerprint density at radius 1 is 0.929 bits per heavy atom. The van der Waals surface area contributed by atoms with Gasteiger partial charge in [-0.15, -0.1) is 0 Å². The standard InChI is InChI=1S/C23H38N2O3/c1-3-5-6-7-8-9-20-28-22-12-10-21(11-13-22)25-18-16-24(17-19-25)15-14-23(26)27-4-2/h10-13H,3-9,14-20H2,1-2H3. The van der Waals surface area contributed by atoms with E-state index in [1.54, 1.807) is 0 Å². The quantitative estimate of drug-likeness (QED) is 0.366. The van der Waals surface area contributed by atoms with Gasteiger partial charge in [0, 0.05) is 38.4 Å². The summed E-state index contributed by atoms with van der Waals surface area (Å²) in [5.74, 6) is 0.867. The number of hydrogen-bond donors (Lipinski definition) is 0. The van der Waals surface area contributed by atoms with Crippen molar-refractivity contribution in [3.05, 3.63) is 24.3 Å². The molecule has 1 saturated heterocycles. The molecule has 5 heteroatoms. The van der Waals surface area contributed by atoms with Gasteiger partial charge in [-0.05, 0) is 37.6 Å². The van der Waals surface area contributed by atoms with Crippen LogP contribution in [0.3, 0.4) is 0 Å². The van der Waals surface area contributed by atoms with Gasteiger partial charge in [0.1, 0.15) is 5.75 Å². The lowest BCUT2D eigenvalue weighted by molar-refractivity contribution is -0.143. The molecule has 0 atom stereocenters. The zero-order valence-electron chi connectivity index (χ0n) is 17.8. The minimum Gasteiger partial charge on any atom is -0.494 e. The van der Waals surface area contributed by atoms with Crippen molar-refractivity contribution in [3.8, 4) is 5.75 Å². The Kier molecular flexibility index (Phi) is 10.8. The van der Waals surface area contributed by atoms with Crippen molar-refractivity contribution in [1.82, 2.24) is 4.90 Å². The average Bonchev–Trinajstić information content (AvgIpc) is 2.73. The van der Waals surface area contributed by atoms with Gasteiger partial charge in [-0.3, -0.25) is 9.69 Å². The summed E-state index contributed by atoms with van der Waals surface area (Å²) in [6.07, 6.45) is 8.20. The largest absolute Gasteiger partial charge is 0.494 e. The third-order valence-corrected chi connectivity index (χ3v) is 5.28. The first-order valence-electron chi connectivity index (χ1n) is 11.1. The molecule has 28 heavy (non-hydrogen) atoms. The number of nitrogens with zero attached hydrogens (tertiary/aromatic N) is 2. The molecule has 2 rings (SSSR count). The highest BCUT2D eigenvalue weighted by Gasteiger charge is 2.18.